The second kappa shape index (κ2) is 4.89. The molecular weight excluding hydrogens is 192 g/mol. The van der Waals surface area contributed by atoms with Crippen molar-refractivity contribution in [2.75, 3.05) is 6.54 Å². The van der Waals surface area contributed by atoms with Gasteiger partial charge in [-0.1, -0.05) is 12.1 Å². The lowest BCUT2D eigenvalue weighted by atomic mass is 9.98. The highest BCUT2D eigenvalue weighted by Gasteiger charge is 2.18. The van der Waals surface area contributed by atoms with Crippen LogP contribution in [-0.2, 0) is 6.42 Å². The van der Waals surface area contributed by atoms with Crippen LogP contribution in [0, 0.1) is 24.0 Å². The summed E-state index contributed by atoms with van der Waals surface area (Å²) in [6, 6.07) is 3.72. The number of nitrogens with two attached hydrogens (primary N) is 1. The normalized spacial score (nSPS) is 10.3. The summed E-state index contributed by atoms with van der Waals surface area (Å²) < 4.78 is 0. The molecule has 15 heavy (non-hydrogen) atoms. The van der Waals surface area contributed by atoms with Crippen LogP contribution in [0.5, 0.6) is 0 Å². The number of benzene rings is 1. The molecule has 0 bridgehead atoms. The molecule has 1 aromatic carbocycles. The molecule has 0 atom stereocenters. The van der Waals surface area contributed by atoms with Crippen LogP contribution in [0.1, 0.15) is 23.1 Å². The van der Waals surface area contributed by atoms with Crippen LogP contribution in [0.4, 0.5) is 5.69 Å². The van der Waals surface area contributed by atoms with E-state index in [-0.39, 0.29) is 10.6 Å². The number of aryl methyl sites for hydroxylation is 2. The van der Waals surface area contributed by atoms with E-state index >= 15 is 0 Å². The zero-order valence-corrected chi connectivity index (χ0v) is 9.12. The van der Waals surface area contributed by atoms with Crippen molar-refractivity contribution >= 4 is 5.69 Å². The van der Waals surface area contributed by atoms with Crippen molar-refractivity contribution < 1.29 is 4.92 Å². The molecule has 0 saturated heterocycles. The van der Waals surface area contributed by atoms with Gasteiger partial charge in [-0.2, -0.15) is 0 Å². The minimum atomic E-state index is -0.297. The molecule has 0 fully saturated rings. The molecule has 0 unspecified atom stereocenters. The minimum absolute atomic E-state index is 0.253. The van der Waals surface area contributed by atoms with Crippen molar-refractivity contribution in [2.45, 2.75) is 26.7 Å². The SMILES string of the molecule is Cc1ccc(C)c([N+](=O)[O-])c1CCCN. The molecule has 0 saturated carbocycles. The predicted octanol–water partition coefficient (Wildman–Crippen LogP) is 2.10. The molecule has 0 radical (unpaired) electrons. The van der Waals surface area contributed by atoms with E-state index in [1.54, 1.807) is 13.0 Å². The molecule has 0 aromatic heterocycles. The number of nitro groups is 1. The molecule has 2 N–H and O–H groups in total. The highest BCUT2D eigenvalue weighted by atomic mass is 16.6. The summed E-state index contributed by atoms with van der Waals surface area (Å²) >= 11 is 0. The fraction of sp³-hybridized carbons (Fsp3) is 0.455. The van der Waals surface area contributed by atoms with Gasteiger partial charge in [-0.3, -0.25) is 10.1 Å². The maximum atomic E-state index is 10.9. The number of hydrogen-bond donors (Lipinski definition) is 1. The summed E-state index contributed by atoms with van der Waals surface area (Å²) in [5.74, 6) is 0. The van der Waals surface area contributed by atoms with Crippen molar-refractivity contribution in [3.8, 4) is 0 Å². The standard InChI is InChI=1S/C11H16N2O2/c1-8-5-6-9(2)11(13(14)15)10(8)4-3-7-12/h5-6H,3-4,7,12H2,1-2H3. The van der Waals surface area contributed by atoms with Gasteiger partial charge in [0.05, 0.1) is 4.92 Å². The summed E-state index contributed by atoms with van der Waals surface area (Å²) in [6.45, 7) is 4.23. The van der Waals surface area contributed by atoms with Crippen molar-refractivity contribution in [1.29, 1.82) is 0 Å². The second-order valence-electron chi connectivity index (χ2n) is 3.68. The molecule has 0 spiro atoms. The molecule has 1 rings (SSSR count). The van der Waals surface area contributed by atoms with Gasteiger partial charge < -0.3 is 5.73 Å². The van der Waals surface area contributed by atoms with Crippen molar-refractivity contribution in [2.24, 2.45) is 5.73 Å². The van der Waals surface area contributed by atoms with Gasteiger partial charge in [0.1, 0.15) is 0 Å². The Kier molecular flexibility index (Phi) is 3.80. The van der Waals surface area contributed by atoms with Crippen LogP contribution in [-0.4, -0.2) is 11.5 Å². The molecule has 0 aliphatic rings. The van der Waals surface area contributed by atoms with Gasteiger partial charge in [-0.15, -0.1) is 0 Å². The minimum Gasteiger partial charge on any atom is -0.330 e. The van der Waals surface area contributed by atoms with Gasteiger partial charge in [-0.25, -0.2) is 0 Å². The fourth-order valence-corrected chi connectivity index (χ4v) is 1.70. The van der Waals surface area contributed by atoms with E-state index in [2.05, 4.69) is 0 Å². The first-order valence-corrected chi connectivity index (χ1v) is 5.01. The van der Waals surface area contributed by atoms with E-state index < -0.39 is 0 Å². The average molecular weight is 208 g/mol. The maximum Gasteiger partial charge on any atom is 0.275 e. The Morgan fingerprint density at radius 2 is 1.93 bits per heavy atom. The maximum absolute atomic E-state index is 10.9. The number of hydrogen-bond acceptors (Lipinski definition) is 3. The first-order chi connectivity index (χ1) is 7.07. The molecule has 82 valence electrons. The van der Waals surface area contributed by atoms with Gasteiger partial charge in [0.2, 0.25) is 0 Å². The number of nitrogens with zero attached hydrogens (tertiary/aromatic N) is 1. The van der Waals surface area contributed by atoms with Gasteiger partial charge in [0.15, 0.2) is 0 Å². The largest absolute Gasteiger partial charge is 0.330 e. The van der Waals surface area contributed by atoms with Crippen LogP contribution in [0.2, 0.25) is 0 Å². The first kappa shape index (κ1) is 11.7. The molecule has 4 heteroatoms. The summed E-state index contributed by atoms with van der Waals surface area (Å²) in [7, 11) is 0. The Bertz CT molecular complexity index is 375. The smallest absolute Gasteiger partial charge is 0.275 e. The molecule has 1 aromatic rings. The Balaban J connectivity index is 3.19. The van der Waals surface area contributed by atoms with Gasteiger partial charge in [-0.05, 0) is 38.8 Å². The first-order valence-electron chi connectivity index (χ1n) is 5.01. The van der Waals surface area contributed by atoms with Gasteiger partial charge in [0, 0.05) is 11.1 Å². The van der Waals surface area contributed by atoms with E-state index in [0.717, 1.165) is 23.1 Å². The van der Waals surface area contributed by atoms with Gasteiger partial charge in [0.25, 0.3) is 5.69 Å². The summed E-state index contributed by atoms with van der Waals surface area (Å²) in [6.07, 6.45) is 1.46. The molecular formula is C11H16N2O2. The highest BCUT2D eigenvalue weighted by molar-refractivity contribution is 5.51. The Labute approximate surface area is 89.2 Å². The highest BCUT2D eigenvalue weighted by Crippen LogP contribution is 2.27. The fourth-order valence-electron chi connectivity index (χ4n) is 1.70. The third-order valence-corrected chi connectivity index (χ3v) is 2.53. The monoisotopic (exact) mass is 208 g/mol. The Morgan fingerprint density at radius 3 is 2.47 bits per heavy atom. The van der Waals surface area contributed by atoms with Crippen molar-refractivity contribution in [1.82, 2.24) is 0 Å². The quantitative estimate of drug-likeness (QED) is 0.608. The van der Waals surface area contributed by atoms with E-state index in [9.17, 15) is 10.1 Å². The summed E-state index contributed by atoms with van der Waals surface area (Å²) in [5, 5.41) is 10.9. The van der Waals surface area contributed by atoms with Gasteiger partial charge >= 0.3 is 0 Å². The molecule has 0 amide bonds. The van der Waals surface area contributed by atoms with Crippen LogP contribution < -0.4 is 5.73 Å². The lowest BCUT2D eigenvalue weighted by molar-refractivity contribution is -0.386. The van der Waals surface area contributed by atoms with Crippen LogP contribution >= 0.6 is 0 Å². The summed E-state index contributed by atoms with van der Waals surface area (Å²) in [4.78, 5) is 10.6. The lowest BCUT2D eigenvalue weighted by Crippen LogP contribution is -2.05. The molecule has 0 heterocycles. The molecule has 4 nitrogen and oxygen atoms in total. The third kappa shape index (κ3) is 2.53. The van der Waals surface area contributed by atoms with E-state index in [4.69, 9.17) is 5.73 Å². The molecule has 0 aliphatic heterocycles. The van der Waals surface area contributed by atoms with Crippen LogP contribution in [0.15, 0.2) is 12.1 Å². The average Bonchev–Trinajstić information content (AvgIpc) is 2.18. The van der Waals surface area contributed by atoms with Crippen LogP contribution in [0.25, 0.3) is 0 Å². The Morgan fingerprint density at radius 1 is 1.33 bits per heavy atom. The van der Waals surface area contributed by atoms with Crippen molar-refractivity contribution in [3.63, 3.8) is 0 Å². The number of nitro benzene ring substituents is 1. The molecule has 0 aliphatic carbocycles. The predicted molar refractivity (Wildman–Crippen MR) is 59.9 cm³/mol. The van der Waals surface area contributed by atoms with E-state index in [1.165, 1.54) is 0 Å². The lowest BCUT2D eigenvalue weighted by Gasteiger charge is -2.08. The van der Waals surface area contributed by atoms with E-state index in [1.807, 2.05) is 13.0 Å². The van der Waals surface area contributed by atoms with Crippen LogP contribution in [0.3, 0.4) is 0 Å². The van der Waals surface area contributed by atoms with Crippen molar-refractivity contribution in [3.05, 3.63) is 38.9 Å². The third-order valence-electron chi connectivity index (χ3n) is 2.53. The number of rotatable bonds is 4. The topological polar surface area (TPSA) is 69.2 Å². The zero-order valence-electron chi connectivity index (χ0n) is 9.12. The summed E-state index contributed by atoms with van der Waals surface area (Å²) in [5.41, 5.74) is 8.19. The van der Waals surface area contributed by atoms with E-state index in [0.29, 0.717) is 13.0 Å². The zero-order chi connectivity index (χ0) is 11.4. The second-order valence-corrected chi connectivity index (χ2v) is 3.68. The Hall–Kier alpha value is -1.42.